The zero-order valence-electron chi connectivity index (χ0n) is 8.43. The van der Waals surface area contributed by atoms with Gasteiger partial charge in [0.05, 0.1) is 0 Å². The van der Waals surface area contributed by atoms with E-state index in [1.165, 1.54) is 5.56 Å². The smallest absolute Gasteiger partial charge is 0.0387 e. The van der Waals surface area contributed by atoms with E-state index in [1.807, 2.05) is 48.5 Å². The van der Waals surface area contributed by atoms with Crippen LogP contribution in [-0.2, 0) is 0 Å². The van der Waals surface area contributed by atoms with Crippen molar-refractivity contribution in [3.63, 3.8) is 0 Å². The molecule has 2 rings (SSSR count). The van der Waals surface area contributed by atoms with E-state index in [1.54, 1.807) is 0 Å². The summed E-state index contributed by atoms with van der Waals surface area (Å²) in [6.07, 6.45) is 4.09. The third-order valence-electron chi connectivity index (χ3n) is 2.25. The summed E-state index contributed by atoms with van der Waals surface area (Å²) in [4.78, 5) is 0. The summed E-state index contributed by atoms with van der Waals surface area (Å²) in [5.74, 6) is 0. The first-order chi connectivity index (χ1) is 7.36. The van der Waals surface area contributed by atoms with Crippen LogP contribution in [0.4, 0.5) is 5.69 Å². The van der Waals surface area contributed by atoms with Gasteiger partial charge in [0.15, 0.2) is 0 Å². The molecule has 0 saturated carbocycles. The van der Waals surface area contributed by atoms with Gasteiger partial charge in [0, 0.05) is 5.69 Å². The Balaban J connectivity index is 2.23. The summed E-state index contributed by atoms with van der Waals surface area (Å²) < 4.78 is 0. The van der Waals surface area contributed by atoms with E-state index in [9.17, 15) is 0 Å². The van der Waals surface area contributed by atoms with Crippen molar-refractivity contribution in [3.05, 3.63) is 65.7 Å². The van der Waals surface area contributed by atoms with Gasteiger partial charge < -0.3 is 5.73 Å². The Morgan fingerprint density at radius 3 is 2.13 bits per heavy atom. The highest BCUT2D eigenvalue weighted by atomic mass is 14.5. The summed E-state index contributed by atoms with van der Waals surface area (Å²) in [7, 11) is 0. The molecule has 0 aliphatic carbocycles. The SMILES string of the molecule is Nc1ccccc1/C=C\c1ccccc1. The number of nitrogen functional groups attached to an aromatic ring is 1. The minimum Gasteiger partial charge on any atom is -0.398 e. The fraction of sp³-hybridized carbons (Fsp3) is 0. The molecule has 0 atom stereocenters. The number of hydrogen-bond acceptors (Lipinski definition) is 1. The van der Waals surface area contributed by atoms with Crippen LogP contribution in [0.25, 0.3) is 12.2 Å². The summed E-state index contributed by atoms with van der Waals surface area (Å²) in [6.45, 7) is 0. The van der Waals surface area contributed by atoms with Crippen LogP contribution in [0.1, 0.15) is 11.1 Å². The second-order valence-corrected chi connectivity index (χ2v) is 3.37. The molecule has 0 aliphatic heterocycles. The van der Waals surface area contributed by atoms with Crippen molar-refractivity contribution >= 4 is 17.8 Å². The van der Waals surface area contributed by atoms with E-state index in [-0.39, 0.29) is 0 Å². The first-order valence-corrected chi connectivity index (χ1v) is 4.94. The van der Waals surface area contributed by atoms with E-state index >= 15 is 0 Å². The van der Waals surface area contributed by atoms with Crippen molar-refractivity contribution in [3.8, 4) is 0 Å². The number of benzene rings is 2. The number of nitrogens with two attached hydrogens (primary N) is 1. The van der Waals surface area contributed by atoms with Gasteiger partial charge in [-0.3, -0.25) is 0 Å². The first kappa shape index (κ1) is 9.53. The van der Waals surface area contributed by atoms with Crippen molar-refractivity contribution in [1.82, 2.24) is 0 Å². The minimum atomic E-state index is 0.810. The Labute approximate surface area is 89.9 Å². The van der Waals surface area contributed by atoms with Crippen molar-refractivity contribution in [2.45, 2.75) is 0 Å². The molecule has 1 nitrogen and oxygen atoms in total. The van der Waals surface area contributed by atoms with E-state index in [4.69, 9.17) is 5.73 Å². The Morgan fingerprint density at radius 1 is 0.733 bits per heavy atom. The number of anilines is 1. The first-order valence-electron chi connectivity index (χ1n) is 4.94. The second-order valence-electron chi connectivity index (χ2n) is 3.37. The molecule has 1 heteroatoms. The predicted molar refractivity (Wildman–Crippen MR) is 66.2 cm³/mol. The van der Waals surface area contributed by atoms with Crippen molar-refractivity contribution in [2.75, 3.05) is 5.73 Å². The van der Waals surface area contributed by atoms with E-state index in [2.05, 4.69) is 18.2 Å². The van der Waals surface area contributed by atoms with Crippen molar-refractivity contribution in [2.24, 2.45) is 0 Å². The minimum absolute atomic E-state index is 0.810. The Morgan fingerprint density at radius 2 is 1.40 bits per heavy atom. The zero-order chi connectivity index (χ0) is 10.5. The van der Waals surface area contributed by atoms with Crippen LogP contribution in [0.2, 0.25) is 0 Å². The number of hydrogen-bond donors (Lipinski definition) is 1. The normalized spacial score (nSPS) is 10.7. The third-order valence-corrected chi connectivity index (χ3v) is 2.25. The maximum absolute atomic E-state index is 5.83. The molecule has 0 bridgehead atoms. The van der Waals surface area contributed by atoms with Crippen LogP contribution in [0.3, 0.4) is 0 Å². The molecule has 2 aromatic carbocycles. The molecule has 74 valence electrons. The highest BCUT2D eigenvalue weighted by Crippen LogP contribution is 2.14. The van der Waals surface area contributed by atoms with Crippen LogP contribution in [0, 0.1) is 0 Å². The molecule has 15 heavy (non-hydrogen) atoms. The summed E-state index contributed by atoms with van der Waals surface area (Å²) >= 11 is 0. The lowest BCUT2D eigenvalue weighted by molar-refractivity contribution is 1.63. The molecule has 0 amide bonds. The topological polar surface area (TPSA) is 26.0 Å². The van der Waals surface area contributed by atoms with Gasteiger partial charge in [-0.25, -0.2) is 0 Å². The standard InChI is InChI=1S/C14H13N/c15-14-9-5-4-8-13(14)11-10-12-6-2-1-3-7-12/h1-11H,15H2/b11-10-. The van der Waals surface area contributed by atoms with Gasteiger partial charge in [0.2, 0.25) is 0 Å². The Kier molecular flexibility index (Phi) is 2.84. The lowest BCUT2D eigenvalue weighted by Crippen LogP contribution is -1.87. The fourth-order valence-corrected chi connectivity index (χ4v) is 1.41. The molecule has 2 N–H and O–H groups in total. The fourth-order valence-electron chi connectivity index (χ4n) is 1.41. The Hall–Kier alpha value is -2.02. The van der Waals surface area contributed by atoms with Gasteiger partial charge in [0.25, 0.3) is 0 Å². The van der Waals surface area contributed by atoms with Gasteiger partial charge in [-0.2, -0.15) is 0 Å². The molecule has 0 unspecified atom stereocenters. The molecule has 0 aliphatic rings. The molecule has 0 saturated heterocycles. The van der Waals surface area contributed by atoms with E-state index in [0.29, 0.717) is 0 Å². The molecule has 0 fully saturated rings. The Bertz CT molecular complexity index is 458. The third kappa shape index (κ3) is 2.47. The summed E-state index contributed by atoms with van der Waals surface area (Å²) in [5.41, 5.74) is 8.88. The second kappa shape index (κ2) is 4.47. The predicted octanol–water partition coefficient (Wildman–Crippen LogP) is 3.44. The van der Waals surface area contributed by atoms with Crippen molar-refractivity contribution < 1.29 is 0 Å². The molecular formula is C14H13N. The van der Waals surface area contributed by atoms with Gasteiger partial charge in [0.1, 0.15) is 0 Å². The van der Waals surface area contributed by atoms with Crippen LogP contribution in [0.15, 0.2) is 54.6 Å². The van der Waals surface area contributed by atoms with E-state index in [0.717, 1.165) is 11.3 Å². The van der Waals surface area contributed by atoms with Crippen LogP contribution < -0.4 is 5.73 Å². The van der Waals surface area contributed by atoms with Crippen molar-refractivity contribution in [1.29, 1.82) is 0 Å². The average molecular weight is 195 g/mol. The summed E-state index contributed by atoms with van der Waals surface area (Å²) in [6, 6.07) is 18.0. The van der Waals surface area contributed by atoms with Crippen LogP contribution in [-0.4, -0.2) is 0 Å². The highest BCUT2D eigenvalue weighted by Gasteiger charge is 1.91. The van der Waals surface area contributed by atoms with E-state index < -0.39 is 0 Å². The molecule has 0 radical (unpaired) electrons. The average Bonchev–Trinajstić information content (AvgIpc) is 2.29. The van der Waals surface area contributed by atoms with Gasteiger partial charge >= 0.3 is 0 Å². The maximum atomic E-state index is 5.83. The number of rotatable bonds is 2. The lowest BCUT2D eigenvalue weighted by Gasteiger charge is -1.98. The molecule has 0 spiro atoms. The lowest BCUT2D eigenvalue weighted by atomic mass is 10.1. The van der Waals surface area contributed by atoms with Gasteiger partial charge in [-0.05, 0) is 17.2 Å². The zero-order valence-corrected chi connectivity index (χ0v) is 8.43. The summed E-state index contributed by atoms with van der Waals surface area (Å²) in [5, 5.41) is 0. The van der Waals surface area contributed by atoms with Crippen LogP contribution >= 0.6 is 0 Å². The molecule has 2 aromatic rings. The molecule has 0 heterocycles. The quantitative estimate of drug-likeness (QED) is 0.576. The van der Waals surface area contributed by atoms with Gasteiger partial charge in [-0.1, -0.05) is 60.7 Å². The molecule has 0 aromatic heterocycles. The number of para-hydroxylation sites is 1. The molecular weight excluding hydrogens is 182 g/mol. The monoisotopic (exact) mass is 195 g/mol. The largest absolute Gasteiger partial charge is 0.398 e. The van der Waals surface area contributed by atoms with Crippen LogP contribution in [0.5, 0.6) is 0 Å². The highest BCUT2D eigenvalue weighted by molar-refractivity contribution is 5.75. The maximum Gasteiger partial charge on any atom is 0.0387 e. The van der Waals surface area contributed by atoms with Gasteiger partial charge in [-0.15, -0.1) is 0 Å².